The first-order valence-corrected chi connectivity index (χ1v) is 5.89. The molecular formula is C14H14FN3O. The highest BCUT2D eigenvalue weighted by Gasteiger charge is 2.10. The van der Waals surface area contributed by atoms with Crippen LogP contribution in [0.3, 0.4) is 0 Å². The van der Waals surface area contributed by atoms with Gasteiger partial charge in [0.1, 0.15) is 0 Å². The Hall–Kier alpha value is -2.43. The number of rotatable bonds is 4. The van der Waals surface area contributed by atoms with Crippen LogP contribution in [0.15, 0.2) is 42.7 Å². The zero-order valence-electron chi connectivity index (χ0n) is 10.3. The number of nitrogens with zero attached hydrogens (tertiary/aromatic N) is 1. The third-order valence-corrected chi connectivity index (χ3v) is 2.70. The fraction of sp³-hybridized carbons (Fsp3) is 0.143. The van der Waals surface area contributed by atoms with Crippen molar-refractivity contribution < 1.29 is 9.18 Å². The summed E-state index contributed by atoms with van der Waals surface area (Å²) in [5, 5.41) is 2.66. The van der Waals surface area contributed by atoms with Crippen molar-refractivity contribution in [2.45, 2.75) is 6.42 Å². The Bertz CT molecular complexity index is 569. The van der Waals surface area contributed by atoms with Crippen molar-refractivity contribution in [3.8, 4) is 0 Å². The van der Waals surface area contributed by atoms with Crippen LogP contribution in [0.4, 0.5) is 10.1 Å². The van der Waals surface area contributed by atoms with Crippen LogP contribution >= 0.6 is 0 Å². The van der Waals surface area contributed by atoms with Crippen molar-refractivity contribution in [3.05, 3.63) is 59.7 Å². The lowest BCUT2D eigenvalue weighted by Gasteiger charge is -2.06. The van der Waals surface area contributed by atoms with Crippen LogP contribution in [-0.4, -0.2) is 17.4 Å². The number of hydrogen-bond donors (Lipinski definition) is 2. The van der Waals surface area contributed by atoms with Gasteiger partial charge in [0, 0.05) is 18.4 Å². The molecular weight excluding hydrogens is 245 g/mol. The van der Waals surface area contributed by atoms with E-state index < -0.39 is 11.7 Å². The molecule has 1 aromatic heterocycles. The summed E-state index contributed by atoms with van der Waals surface area (Å²) in [6, 6.07) is 8.76. The molecule has 0 aliphatic rings. The number of nitrogens with two attached hydrogens (primary N) is 1. The minimum atomic E-state index is -0.618. The van der Waals surface area contributed by atoms with Gasteiger partial charge in [-0.25, -0.2) is 4.39 Å². The molecule has 0 aliphatic heterocycles. The minimum Gasteiger partial charge on any atom is -0.399 e. The summed E-state index contributed by atoms with van der Waals surface area (Å²) in [5.74, 6) is -1.05. The second kappa shape index (κ2) is 5.95. The molecule has 2 aromatic rings. The minimum absolute atomic E-state index is 0.00676. The Morgan fingerprint density at radius 1 is 1.26 bits per heavy atom. The first-order chi connectivity index (χ1) is 9.16. The van der Waals surface area contributed by atoms with Crippen molar-refractivity contribution in [2.75, 3.05) is 12.3 Å². The largest absolute Gasteiger partial charge is 0.399 e. The van der Waals surface area contributed by atoms with E-state index in [0.717, 1.165) is 11.8 Å². The lowest BCUT2D eigenvalue weighted by molar-refractivity contribution is 0.0950. The van der Waals surface area contributed by atoms with Gasteiger partial charge in [-0.3, -0.25) is 9.78 Å². The molecule has 0 fully saturated rings. The average molecular weight is 259 g/mol. The van der Waals surface area contributed by atoms with Crippen molar-refractivity contribution in [1.29, 1.82) is 0 Å². The number of nitrogen functional groups attached to an aromatic ring is 1. The molecule has 19 heavy (non-hydrogen) atoms. The molecule has 4 nitrogen and oxygen atoms in total. The van der Waals surface area contributed by atoms with E-state index in [9.17, 15) is 9.18 Å². The van der Waals surface area contributed by atoms with Gasteiger partial charge >= 0.3 is 0 Å². The Morgan fingerprint density at radius 2 is 2.00 bits per heavy atom. The number of amides is 1. The molecule has 1 amide bonds. The van der Waals surface area contributed by atoms with E-state index >= 15 is 0 Å². The summed E-state index contributed by atoms with van der Waals surface area (Å²) in [6.07, 6.45) is 3.07. The number of halogens is 1. The SMILES string of the molecule is Nc1ccc(CCNC(=O)c2ccncc2F)cc1. The second-order valence-corrected chi connectivity index (χ2v) is 4.10. The monoisotopic (exact) mass is 259 g/mol. The fourth-order valence-electron chi connectivity index (χ4n) is 1.66. The number of carbonyl (C=O) groups excluding carboxylic acids is 1. The Balaban J connectivity index is 1.88. The van der Waals surface area contributed by atoms with E-state index in [2.05, 4.69) is 10.3 Å². The third kappa shape index (κ3) is 3.51. The van der Waals surface area contributed by atoms with Gasteiger partial charge in [0.25, 0.3) is 5.91 Å². The quantitative estimate of drug-likeness (QED) is 0.822. The molecule has 0 saturated carbocycles. The van der Waals surface area contributed by atoms with Crippen LogP contribution in [0.25, 0.3) is 0 Å². The summed E-state index contributed by atoms with van der Waals surface area (Å²) in [6.45, 7) is 0.435. The van der Waals surface area contributed by atoms with Gasteiger partial charge in [0.05, 0.1) is 11.8 Å². The highest BCUT2D eigenvalue weighted by Crippen LogP contribution is 2.06. The molecule has 0 unspecified atom stereocenters. The summed E-state index contributed by atoms with van der Waals surface area (Å²) < 4.78 is 13.3. The number of nitrogens with one attached hydrogen (secondary N) is 1. The van der Waals surface area contributed by atoms with Gasteiger partial charge < -0.3 is 11.1 Å². The normalized spacial score (nSPS) is 10.2. The second-order valence-electron chi connectivity index (χ2n) is 4.10. The van der Waals surface area contributed by atoms with Gasteiger partial charge in [-0.1, -0.05) is 12.1 Å². The molecule has 0 aliphatic carbocycles. The number of carbonyl (C=O) groups is 1. The van der Waals surface area contributed by atoms with Gasteiger partial charge in [-0.05, 0) is 30.2 Å². The third-order valence-electron chi connectivity index (χ3n) is 2.70. The van der Waals surface area contributed by atoms with E-state index in [4.69, 9.17) is 5.73 Å². The molecule has 2 rings (SSSR count). The van der Waals surface area contributed by atoms with E-state index in [1.165, 1.54) is 12.3 Å². The maximum Gasteiger partial charge on any atom is 0.254 e. The van der Waals surface area contributed by atoms with Crippen molar-refractivity contribution in [2.24, 2.45) is 0 Å². The smallest absolute Gasteiger partial charge is 0.254 e. The van der Waals surface area contributed by atoms with Crippen molar-refractivity contribution in [3.63, 3.8) is 0 Å². The first kappa shape index (κ1) is 13.0. The van der Waals surface area contributed by atoms with E-state index in [-0.39, 0.29) is 5.56 Å². The Morgan fingerprint density at radius 3 is 2.68 bits per heavy atom. The molecule has 0 bridgehead atoms. The molecule has 0 radical (unpaired) electrons. The molecule has 0 atom stereocenters. The van der Waals surface area contributed by atoms with Gasteiger partial charge in [0.2, 0.25) is 0 Å². The number of hydrogen-bond acceptors (Lipinski definition) is 3. The lowest BCUT2D eigenvalue weighted by Crippen LogP contribution is -2.26. The Kier molecular flexibility index (Phi) is 4.07. The topological polar surface area (TPSA) is 68.0 Å². The average Bonchev–Trinajstić information content (AvgIpc) is 2.41. The fourth-order valence-corrected chi connectivity index (χ4v) is 1.66. The summed E-state index contributed by atoms with van der Waals surface area (Å²) in [7, 11) is 0. The van der Waals surface area contributed by atoms with E-state index in [1.54, 1.807) is 12.1 Å². The van der Waals surface area contributed by atoms with E-state index in [1.807, 2.05) is 12.1 Å². The molecule has 5 heteroatoms. The highest BCUT2D eigenvalue weighted by atomic mass is 19.1. The maximum absolute atomic E-state index is 13.3. The number of benzene rings is 1. The Labute approximate surface area is 110 Å². The van der Waals surface area contributed by atoms with Crippen LogP contribution in [0.5, 0.6) is 0 Å². The molecule has 1 heterocycles. The van der Waals surface area contributed by atoms with Crippen molar-refractivity contribution >= 4 is 11.6 Å². The number of pyridine rings is 1. The van der Waals surface area contributed by atoms with Crippen LogP contribution in [0.2, 0.25) is 0 Å². The zero-order chi connectivity index (χ0) is 13.7. The lowest BCUT2D eigenvalue weighted by atomic mass is 10.1. The van der Waals surface area contributed by atoms with Crippen molar-refractivity contribution in [1.82, 2.24) is 10.3 Å². The van der Waals surface area contributed by atoms with Gasteiger partial charge in [-0.2, -0.15) is 0 Å². The van der Waals surface area contributed by atoms with Gasteiger partial charge in [-0.15, -0.1) is 0 Å². The first-order valence-electron chi connectivity index (χ1n) is 5.89. The molecule has 1 aromatic carbocycles. The summed E-state index contributed by atoms with van der Waals surface area (Å²) in [5.41, 5.74) is 7.35. The standard InChI is InChI=1S/C14H14FN3O/c15-13-9-17-7-6-12(13)14(19)18-8-5-10-1-3-11(16)4-2-10/h1-4,6-7,9H,5,8,16H2,(H,18,19). The predicted octanol–water partition coefficient (Wildman–Crippen LogP) is 1.78. The summed E-state index contributed by atoms with van der Waals surface area (Å²) in [4.78, 5) is 15.3. The highest BCUT2D eigenvalue weighted by molar-refractivity contribution is 5.94. The number of anilines is 1. The zero-order valence-corrected chi connectivity index (χ0v) is 10.3. The molecule has 0 spiro atoms. The predicted molar refractivity (Wildman–Crippen MR) is 71.1 cm³/mol. The van der Waals surface area contributed by atoms with Gasteiger partial charge in [0.15, 0.2) is 5.82 Å². The van der Waals surface area contributed by atoms with Crippen LogP contribution in [0, 0.1) is 5.82 Å². The molecule has 3 N–H and O–H groups in total. The van der Waals surface area contributed by atoms with Crippen LogP contribution < -0.4 is 11.1 Å². The maximum atomic E-state index is 13.3. The van der Waals surface area contributed by atoms with Crippen LogP contribution in [-0.2, 0) is 6.42 Å². The van der Waals surface area contributed by atoms with E-state index in [0.29, 0.717) is 18.7 Å². The molecule has 0 saturated heterocycles. The summed E-state index contributed by atoms with van der Waals surface area (Å²) >= 11 is 0. The molecule has 98 valence electrons. The number of aromatic nitrogens is 1. The van der Waals surface area contributed by atoms with Crippen LogP contribution in [0.1, 0.15) is 15.9 Å².